The molecule has 0 bridgehead atoms. The van der Waals surface area contributed by atoms with Crippen molar-refractivity contribution in [2.24, 2.45) is 11.8 Å². The lowest BCUT2D eigenvalue weighted by Gasteiger charge is -2.23. The average molecular weight is 233 g/mol. The quantitative estimate of drug-likeness (QED) is 0.818. The molecule has 0 aromatic heterocycles. The summed E-state index contributed by atoms with van der Waals surface area (Å²) in [6.07, 6.45) is 1.19. The van der Waals surface area contributed by atoms with Crippen molar-refractivity contribution in [3.8, 4) is 0 Å². The van der Waals surface area contributed by atoms with Crippen LogP contribution in [0.4, 0.5) is 0 Å². The standard InChI is InChI=1S/C16H27N/c1-11(2)15(10-17-6)9-16-13(4)7-12(3)8-14(16)5/h7-8,11,15,17H,9-10H2,1-6H3. The molecular weight excluding hydrogens is 206 g/mol. The molecular formula is C16H27N. The Morgan fingerprint density at radius 3 is 2.00 bits per heavy atom. The molecule has 1 aromatic rings. The van der Waals surface area contributed by atoms with E-state index in [0.29, 0.717) is 0 Å². The van der Waals surface area contributed by atoms with Crippen LogP contribution in [0.5, 0.6) is 0 Å². The van der Waals surface area contributed by atoms with Crippen LogP contribution in [0.15, 0.2) is 12.1 Å². The van der Waals surface area contributed by atoms with Gasteiger partial charge >= 0.3 is 0 Å². The summed E-state index contributed by atoms with van der Waals surface area (Å²) < 4.78 is 0. The molecule has 1 heteroatoms. The number of benzene rings is 1. The van der Waals surface area contributed by atoms with Crippen molar-refractivity contribution < 1.29 is 0 Å². The number of hydrogen-bond acceptors (Lipinski definition) is 1. The summed E-state index contributed by atoms with van der Waals surface area (Å²) in [5, 5.41) is 3.32. The first kappa shape index (κ1) is 14.2. The molecule has 17 heavy (non-hydrogen) atoms. The fourth-order valence-electron chi connectivity index (χ4n) is 2.60. The Labute approximate surface area is 107 Å². The molecule has 0 amide bonds. The van der Waals surface area contributed by atoms with Gasteiger partial charge in [0.15, 0.2) is 0 Å². The summed E-state index contributed by atoms with van der Waals surface area (Å²) >= 11 is 0. The highest BCUT2D eigenvalue weighted by Gasteiger charge is 2.15. The van der Waals surface area contributed by atoms with Crippen molar-refractivity contribution in [2.75, 3.05) is 13.6 Å². The average Bonchev–Trinajstić information content (AvgIpc) is 2.21. The highest BCUT2D eigenvalue weighted by molar-refractivity contribution is 5.37. The molecule has 0 fully saturated rings. The van der Waals surface area contributed by atoms with Crippen LogP contribution in [-0.2, 0) is 6.42 Å². The summed E-state index contributed by atoms with van der Waals surface area (Å²) in [5.74, 6) is 1.45. The van der Waals surface area contributed by atoms with E-state index in [-0.39, 0.29) is 0 Å². The molecule has 1 unspecified atom stereocenters. The Balaban J connectivity index is 2.93. The van der Waals surface area contributed by atoms with Gasteiger partial charge in [-0.2, -0.15) is 0 Å². The Bertz CT molecular complexity index is 343. The van der Waals surface area contributed by atoms with Gasteiger partial charge in [-0.05, 0) is 69.3 Å². The molecule has 0 aliphatic heterocycles. The van der Waals surface area contributed by atoms with Crippen molar-refractivity contribution >= 4 is 0 Å². The van der Waals surface area contributed by atoms with E-state index < -0.39 is 0 Å². The zero-order chi connectivity index (χ0) is 13.0. The number of hydrogen-bond donors (Lipinski definition) is 1. The van der Waals surface area contributed by atoms with E-state index in [1.54, 1.807) is 5.56 Å². The second-order valence-corrected chi connectivity index (χ2v) is 5.64. The molecule has 0 saturated heterocycles. The van der Waals surface area contributed by atoms with E-state index in [0.717, 1.165) is 18.4 Å². The Hall–Kier alpha value is -0.820. The van der Waals surface area contributed by atoms with Crippen molar-refractivity contribution in [3.05, 3.63) is 34.4 Å². The zero-order valence-corrected chi connectivity index (χ0v) is 12.2. The largest absolute Gasteiger partial charge is 0.319 e. The van der Waals surface area contributed by atoms with Gasteiger partial charge in [0.05, 0.1) is 0 Å². The Morgan fingerprint density at radius 2 is 1.59 bits per heavy atom. The zero-order valence-electron chi connectivity index (χ0n) is 12.2. The van der Waals surface area contributed by atoms with Crippen LogP contribution in [0.25, 0.3) is 0 Å². The maximum Gasteiger partial charge on any atom is -0.00179 e. The van der Waals surface area contributed by atoms with Gasteiger partial charge in [-0.1, -0.05) is 31.5 Å². The van der Waals surface area contributed by atoms with Crippen molar-refractivity contribution in [3.63, 3.8) is 0 Å². The van der Waals surface area contributed by atoms with Gasteiger partial charge in [-0.3, -0.25) is 0 Å². The summed E-state index contributed by atoms with van der Waals surface area (Å²) in [5.41, 5.74) is 5.82. The molecule has 0 aliphatic rings. The van der Waals surface area contributed by atoms with Gasteiger partial charge < -0.3 is 5.32 Å². The summed E-state index contributed by atoms with van der Waals surface area (Å²) in [7, 11) is 2.05. The van der Waals surface area contributed by atoms with Crippen LogP contribution in [0, 0.1) is 32.6 Å². The topological polar surface area (TPSA) is 12.0 Å². The first-order valence-corrected chi connectivity index (χ1v) is 6.67. The van der Waals surface area contributed by atoms with Gasteiger partial charge in [-0.25, -0.2) is 0 Å². The van der Waals surface area contributed by atoms with Crippen LogP contribution >= 0.6 is 0 Å². The monoisotopic (exact) mass is 233 g/mol. The third-order valence-corrected chi connectivity index (χ3v) is 3.72. The van der Waals surface area contributed by atoms with Crippen LogP contribution in [0.2, 0.25) is 0 Å². The molecule has 96 valence electrons. The molecule has 1 nitrogen and oxygen atoms in total. The predicted molar refractivity (Wildman–Crippen MR) is 76.6 cm³/mol. The minimum atomic E-state index is 0.722. The van der Waals surface area contributed by atoms with Crippen molar-refractivity contribution in [1.29, 1.82) is 0 Å². The summed E-state index contributed by atoms with van der Waals surface area (Å²) in [4.78, 5) is 0. The first-order chi connectivity index (χ1) is 7.95. The molecule has 1 aromatic carbocycles. The van der Waals surface area contributed by atoms with E-state index in [9.17, 15) is 0 Å². The number of aryl methyl sites for hydroxylation is 3. The minimum absolute atomic E-state index is 0.722. The molecule has 0 aliphatic carbocycles. The van der Waals surface area contributed by atoms with Crippen LogP contribution in [-0.4, -0.2) is 13.6 Å². The maximum absolute atomic E-state index is 3.32. The van der Waals surface area contributed by atoms with Crippen LogP contribution < -0.4 is 5.32 Å². The van der Waals surface area contributed by atoms with Gasteiger partial charge in [0.2, 0.25) is 0 Å². The van der Waals surface area contributed by atoms with E-state index in [1.807, 2.05) is 7.05 Å². The minimum Gasteiger partial charge on any atom is -0.319 e. The molecule has 0 saturated carbocycles. The molecule has 0 spiro atoms. The Morgan fingerprint density at radius 1 is 1.06 bits per heavy atom. The fourth-order valence-corrected chi connectivity index (χ4v) is 2.60. The molecule has 1 atom stereocenters. The SMILES string of the molecule is CNCC(Cc1c(C)cc(C)cc1C)C(C)C. The normalized spacial score (nSPS) is 13.1. The second kappa shape index (κ2) is 6.20. The Kier molecular flexibility index (Phi) is 5.20. The highest BCUT2D eigenvalue weighted by atomic mass is 14.8. The molecule has 0 heterocycles. The maximum atomic E-state index is 3.32. The van der Waals surface area contributed by atoms with Gasteiger partial charge in [-0.15, -0.1) is 0 Å². The fraction of sp³-hybridized carbons (Fsp3) is 0.625. The molecule has 0 radical (unpaired) electrons. The molecule has 1 N–H and O–H groups in total. The number of rotatable bonds is 5. The first-order valence-electron chi connectivity index (χ1n) is 6.67. The number of nitrogens with one attached hydrogen (secondary N) is 1. The summed E-state index contributed by atoms with van der Waals surface area (Å²) in [6.45, 7) is 12.4. The van der Waals surface area contributed by atoms with Gasteiger partial charge in [0.1, 0.15) is 0 Å². The lowest BCUT2D eigenvalue weighted by Crippen LogP contribution is -2.25. The van der Waals surface area contributed by atoms with Crippen LogP contribution in [0.1, 0.15) is 36.1 Å². The van der Waals surface area contributed by atoms with Gasteiger partial charge in [0.25, 0.3) is 0 Å². The molecule has 1 rings (SSSR count). The van der Waals surface area contributed by atoms with Crippen molar-refractivity contribution in [1.82, 2.24) is 5.32 Å². The lowest BCUT2D eigenvalue weighted by atomic mass is 9.85. The van der Waals surface area contributed by atoms with E-state index in [4.69, 9.17) is 0 Å². The van der Waals surface area contributed by atoms with E-state index >= 15 is 0 Å². The predicted octanol–water partition coefficient (Wildman–Crippen LogP) is 3.65. The third-order valence-electron chi connectivity index (χ3n) is 3.72. The second-order valence-electron chi connectivity index (χ2n) is 5.64. The van der Waals surface area contributed by atoms with Gasteiger partial charge in [0, 0.05) is 0 Å². The van der Waals surface area contributed by atoms with E-state index in [1.165, 1.54) is 23.1 Å². The lowest BCUT2D eigenvalue weighted by molar-refractivity contribution is 0.369. The highest BCUT2D eigenvalue weighted by Crippen LogP contribution is 2.23. The van der Waals surface area contributed by atoms with Crippen molar-refractivity contribution in [2.45, 2.75) is 41.0 Å². The third kappa shape index (κ3) is 3.85. The smallest absolute Gasteiger partial charge is 0.00179 e. The summed E-state index contributed by atoms with van der Waals surface area (Å²) in [6, 6.07) is 4.61. The van der Waals surface area contributed by atoms with E-state index in [2.05, 4.69) is 52.1 Å². The van der Waals surface area contributed by atoms with Crippen LogP contribution in [0.3, 0.4) is 0 Å².